The highest BCUT2D eigenvalue weighted by molar-refractivity contribution is 5.92. The highest BCUT2D eigenvalue weighted by atomic mass is 16.5. The van der Waals surface area contributed by atoms with Crippen LogP contribution in [0.1, 0.15) is 33.1 Å². The predicted octanol–water partition coefficient (Wildman–Crippen LogP) is 3.76. The molecule has 1 atom stereocenters. The molecule has 0 amide bonds. The van der Waals surface area contributed by atoms with Crippen molar-refractivity contribution in [2.75, 3.05) is 0 Å². The van der Waals surface area contributed by atoms with E-state index in [1.165, 1.54) is 0 Å². The Balaban J connectivity index is 1.85. The zero-order valence-corrected chi connectivity index (χ0v) is 11.9. The molecule has 1 fully saturated rings. The second kappa shape index (κ2) is 4.89. The van der Waals surface area contributed by atoms with Crippen LogP contribution in [0.4, 0.5) is 0 Å². The van der Waals surface area contributed by atoms with Gasteiger partial charge >= 0.3 is 0 Å². The van der Waals surface area contributed by atoms with Gasteiger partial charge in [0.2, 0.25) is 0 Å². The molecule has 1 aliphatic carbocycles. The number of benzene rings is 1. The summed E-state index contributed by atoms with van der Waals surface area (Å²) in [6, 6.07) is 9.88. The monoisotopic (exact) mass is 269 g/mol. The maximum absolute atomic E-state index is 11.9. The van der Waals surface area contributed by atoms with E-state index < -0.39 is 0 Å². The second-order valence-corrected chi connectivity index (χ2v) is 5.45. The summed E-state index contributed by atoms with van der Waals surface area (Å²) in [6.45, 7) is 4.14. The fourth-order valence-electron chi connectivity index (χ4n) is 3.15. The van der Waals surface area contributed by atoms with Gasteiger partial charge in [-0.05, 0) is 31.0 Å². The molecule has 0 saturated heterocycles. The molecule has 2 aromatic rings. The van der Waals surface area contributed by atoms with Crippen LogP contribution in [0.5, 0.6) is 5.75 Å². The standard InChI is InChI=1S/C17H19NO2/c1-3-17(4-2)15(19)11-16(17)20-13-8-7-12-6-5-9-18-14(12)10-13/h5-10,16H,3-4,11H2,1-2H3. The predicted molar refractivity (Wildman–Crippen MR) is 78.8 cm³/mol. The SMILES string of the molecule is CCC1(CC)C(=O)CC1Oc1ccc2cccnc2c1. The Kier molecular flexibility index (Phi) is 3.20. The Labute approximate surface area is 119 Å². The molecule has 3 nitrogen and oxygen atoms in total. The molecule has 0 spiro atoms. The summed E-state index contributed by atoms with van der Waals surface area (Å²) < 4.78 is 6.07. The number of aromatic nitrogens is 1. The fraction of sp³-hybridized carbons (Fsp3) is 0.412. The average Bonchev–Trinajstić information content (AvgIpc) is 2.48. The summed E-state index contributed by atoms with van der Waals surface area (Å²) in [6.07, 6.45) is 4.01. The summed E-state index contributed by atoms with van der Waals surface area (Å²) in [5.74, 6) is 1.14. The number of carbonyl (C=O) groups is 1. The van der Waals surface area contributed by atoms with Gasteiger partial charge in [-0.1, -0.05) is 19.9 Å². The first-order chi connectivity index (χ1) is 9.69. The number of pyridine rings is 1. The van der Waals surface area contributed by atoms with E-state index in [0.29, 0.717) is 12.2 Å². The lowest BCUT2D eigenvalue weighted by molar-refractivity contribution is -0.153. The minimum atomic E-state index is -0.279. The van der Waals surface area contributed by atoms with Crippen LogP contribution in [0, 0.1) is 5.41 Å². The lowest BCUT2D eigenvalue weighted by atomic mass is 9.61. The number of carbonyl (C=O) groups excluding carboxylic acids is 1. The number of ether oxygens (including phenoxy) is 1. The van der Waals surface area contributed by atoms with E-state index in [0.717, 1.165) is 29.5 Å². The van der Waals surface area contributed by atoms with E-state index in [4.69, 9.17) is 4.74 Å². The van der Waals surface area contributed by atoms with E-state index >= 15 is 0 Å². The number of rotatable bonds is 4. The maximum Gasteiger partial charge on any atom is 0.146 e. The highest BCUT2D eigenvalue weighted by Gasteiger charge is 2.53. The molecule has 1 aromatic carbocycles. The van der Waals surface area contributed by atoms with Crippen LogP contribution in [-0.4, -0.2) is 16.9 Å². The van der Waals surface area contributed by atoms with Gasteiger partial charge in [0, 0.05) is 24.1 Å². The number of ketones is 1. The molecule has 3 rings (SSSR count). The van der Waals surface area contributed by atoms with Gasteiger partial charge in [0.05, 0.1) is 10.9 Å². The summed E-state index contributed by atoms with van der Waals surface area (Å²) in [4.78, 5) is 16.3. The van der Waals surface area contributed by atoms with Gasteiger partial charge in [-0.3, -0.25) is 9.78 Å². The van der Waals surface area contributed by atoms with Crippen molar-refractivity contribution < 1.29 is 9.53 Å². The summed E-state index contributed by atoms with van der Waals surface area (Å²) in [5.41, 5.74) is 0.647. The van der Waals surface area contributed by atoms with Crippen LogP contribution < -0.4 is 4.74 Å². The molecular formula is C17H19NO2. The van der Waals surface area contributed by atoms with Crippen molar-refractivity contribution in [3.63, 3.8) is 0 Å². The third-order valence-corrected chi connectivity index (χ3v) is 4.66. The molecule has 0 N–H and O–H groups in total. The van der Waals surface area contributed by atoms with Gasteiger partial charge < -0.3 is 4.74 Å². The normalized spacial score (nSPS) is 20.7. The van der Waals surface area contributed by atoms with Gasteiger partial charge in [0.15, 0.2) is 0 Å². The van der Waals surface area contributed by atoms with Gasteiger partial charge in [0.1, 0.15) is 17.6 Å². The molecule has 1 heterocycles. The first kappa shape index (κ1) is 13.1. The van der Waals surface area contributed by atoms with Crippen LogP contribution in [0.3, 0.4) is 0 Å². The molecule has 0 bridgehead atoms. The van der Waals surface area contributed by atoms with Crippen LogP contribution in [0.15, 0.2) is 36.5 Å². The summed E-state index contributed by atoms with van der Waals surface area (Å²) in [7, 11) is 0. The molecule has 0 radical (unpaired) electrons. The van der Waals surface area contributed by atoms with Crippen molar-refractivity contribution in [3.05, 3.63) is 36.5 Å². The Bertz CT molecular complexity index is 646. The molecule has 20 heavy (non-hydrogen) atoms. The van der Waals surface area contributed by atoms with Gasteiger partial charge in [-0.2, -0.15) is 0 Å². The quantitative estimate of drug-likeness (QED) is 0.848. The van der Waals surface area contributed by atoms with E-state index in [1.54, 1.807) is 6.20 Å². The van der Waals surface area contributed by atoms with E-state index in [9.17, 15) is 4.79 Å². The smallest absolute Gasteiger partial charge is 0.146 e. The van der Waals surface area contributed by atoms with E-state index in [1.807, 2.05) is 30.3 Å². The number of nitrogens with zero attached hydrogens (tertiary/aromatic N) is 1. The Morgan fingerprint density at radius 1 is 1.30 bits per heavy atom. The lowest BCUT2D eigenvalue weighted by Gasteiger charge is -2.46. The second-order valence-electron chi connectivity index (χ2n) is 5.45. The minimum Gasteiger partial charge on any atom is -0.489 e. The lowest BCUT2D eigenvalue weighted by Crippen LogP contribution is -2.56. The molecule has 104 valence electrons. The van der Waals surface area contributed by atoms with Crippen LogP contribution in [-0.2, 0) is 4.79 Å². The maximum atomic E-state index is 11.9. The third kappa shape index (κ3) is 1.89. The summed E-state index contributed by atoms with van der Waals surface area (Å²) >= 11 is 0. The topological polar surface area (TPSA) is 39.2 Å². The number of Topliss-reactive ketones (excluding diaryl/α,β-unsaturated/α-hetero) is 1. The Morgan fingerprint density at radius 2 is 2.10 bits per heavy atom. The zero-order chi connectivity index (χ0) is 14.2. The number of fused-ring (bicyclic) bond motifs is 1. The highest BCUT2D eigenvalue weighted by Crippen LogP contribution is 2.45. The molecule has 1 aromatic heterocycles. The average molecular weight is 269 g/mol. The number of hydrogen-bond donors (Lipinski definition) is 0. The van der Waals surface area contributed by atoms with Crippen molar-refractivity contribution in [2.24, 2.45) is 5.41 Å². The first-order valence-corrected chi connectivity index (χ1v) is 7.24. The molecule has 1 saturated carbocycles. The van der Waals surface area contributed by atoms with Crippen LogP contribution >= 0.6 is 0 Å². The Morgan fingerprint density at radius 3 is 2.80 bits per heavy atom. The Hall–Kier alpha value is -1.90. The number of hydrogen-bond acceptors (Lipinski definition) is 3. The van der Waals surface area contributed by atoms with Gasteiger partial charge in [-0.15, -0.1) is 0 Å². The molecule has 1 aliphatic rings. The van der Waals surface area contributed by atoms with Crippen molar-refractivity contribution in [1.29, 1.82) is 0 Å². The van der Waals surface area contributed by atoms with Crippen LogP contribution in [0.2, 0.25) is 0 Å². The van der Waals surface area contributed by atoms with E-state index in [-0.39, 0.29) is 11.5 Å². The van der Waals surface area contributed by atoms with Crippen LogP contribution in [0.25, 0.3) is 10.9 Å². The first-order valence-electron chi connectivity index (χ1n) is 7.24. The fourth-order valence-corrected chi connectivity index (χ4v) is 3.15. The van der Waals surface area contributed by atoms with Crippen molar-refractivity contribution in [1.82, 2.24) is 4.98 Å². The third-order valence-electron chi connectivity index (χ3n) is 4.66. The molecular weight excluding hydrogens is 250 g/mol. The summed E-state index contributed by atoms with van der Waals surface area (Å²) in [5, 5.41) is 1.10. The van der Waals surface area contributed by atoms with Crippen molar-refractivity contribution >= 4 is 16.7 Å². The van der Waals surface area contributed by atoms with Crippen molar-refractivity contribution in [2.45, 2.75) is 39.2 Å². The molecule has 0 aliphatic heterocycles. The van der Waals surface area contributed by atoms with Gasteiger partial charge in [-0.25, -0.2) is 0 Å². The zero-order valence-electron chi connectivity index (χ0n) is 11.9. The van der Waals surface area contributed by atoms with Crippen molar-refractivity contribution in [3.8, 4) is 5.75 Å². The van der Waals surface area contributed by atoms with E-state index in [2.05, 4.69) is 18.8 Å². The molecule has 1 unspecified atom stereocenters. The molecule has 3 heteroatoms. The largest absolute Gasteiger partial charge is 0.489 e. The van der Waals surface area contributed by atoms with Gasteiger partial charge in [0.25, 0.3) is 0 Å². The minimum absolute atomic E-state index is 0.00571.